The molecule has 2 aromatic carbocycles. The second-order valence-electron chi connectivity index (χ2n) is 7.58. The van der Waals surface area contributed by atoms with Gasteiger partial charge in [-0.3, -0.25) is 0 Å². The minimum absolute atomic E-state index is 0.470. The molecule has 0 saturated carbocycles. The first-order valence-corrected chi connectivity index (χ1v) is 9.31. The van der Waals surface area contributed by atoms with Crippen LogP contribution in [0, 0.1) is 19.4 Å². The van der Waals surface area contributed by atoms with Gasteiger partial charge in [0.25, 0.3) is 0 Å². The number of hydrogen-bond acceptors (Lipinski definition) is 1. The molecule has 0 N–H and O–H groups in total. The van der Waals surface area contributed by atoms with Crippen LogP contribution < -0.4 is 4.57 Å². The van der Waals surface area contributed by atoms with E-state index in [9.17, 15) is 0 Å². The Bertz CT molecular complexity index is 1210. The zero-order valence-corrected chi connectivity index (χ0v) is 16.2. The van der Waals surface area contributed by atoms with E-state index >= 15 is 0 Å². The molecule has 4 aromatic rings. The standard InChI is InChI=1S/C24H23N2O/c1-15(2)14-18-19(25-4)11-12-21-23(18)17-10-9-16(3)22(24(17)27-21)20-8-6-7-13-26(20)5/h6-13,15H,14H2,1-3,5H3/q+1. The third kappa shape index (κ3) is 2.78. The largest absolute Gasteiger partial charge is 0.455 e. The van der Waals surface area contributed by atoms with Crippen molar-refractivity contribution in [2.75, 3.05) is 0 Å². The quantitative estimate of drug-likeness (QED) is 0.320. The van der Waals surface area contributed by atoms with Gasteiger partial charge in [0.05, 0.1) is 12.1 Å². The van der Waals surface area contributed by atoms with Gasteiger partial charge in [-0.2, -0.15) is 0 Å². The predicted molar refractivity (Wildman–Crippen MR) is 110 cm³/mol. The second-order valence-corrected chi connectivity index (χ2v) is 7.58. The first-order chi connectivity index (χ1) is 13.0. The molecule has 0 bridgehead atoms. The highest BCUT2D eigenvalue weighted by molar-refractivity contribution is 6.12. The predicted octanol–water partition coefficient (Wildman–Crippen LogP) is 6.14. The molecule has 3 heteroatoms. The summed E-state index contributed by atoms with van der Waals surface area (Å²) in [6, 6.07) is 14.3. The van der Waals surface area contributed by atoms with Crippen molar-refractivity contribution < 1.29 is 8.98 Å². The second kappa shape index (κ2) is 6.55. The molecule has 2 heterocycles. The molecule has 134 valence electrons. The molecule has 0 spiro atoms. The lowest BCUT2D eigenvalue weighted by atomic mass is 9.94. The average molecular weight is 355 g/mol. The first kappa shape index (κ1) is 17.3. The Morgan fingerprint density at radius 2 is 1.93 bits per heavy atom. The molecule has 27 heavy (non-hydrogen) atoms. The summed E-state index contributed by atoms with van der Waals surface area (Å²) in [5, 5.41) is 2.18. The highest BCUT2D eigenvalue weighted by Crippen LogP contribution is 2.41. The van der Waals surface area contributed by atoms with Crippen molar-refractivity contribution in [2.45, 2.75) is 27.2 Å². The smallest absolute Gasteiger partial charge is 0.216 e. The molecule has 0 aliphatic heterocycles. The Morgan fingerprint density at radius 3 is 2.63 bits per heavy atom. The third-order valence-corrected chi connectivity index (χ3v) is 5.14. The molecule has 2 aromatic heterocycles. The number of rotatable bonds is 3. The van der Waals surface area contributed by atoms with Crippen LogP contribution in [0.3, 0.4) is 0 Å². The van der Waals surface area contributed by atoms with Crippen LogP contribution in [-0.4, -0.2) is 0 Å². The maximum absolute atomic E-state index is 7.60. The van der Waals surface area contributed by atoms with Crippen molar-refractivity contribution in [1.29, 1.82) is 0 Å². The van der Waals surface area contributed by atoms with Gasteiger partial charge < -0.3 is 4.42 Å². The zero-order valence-electron chi connectivity index (χ0n) is 16.2. The summed E-state index contributed by atoms with van der Waals surface area (Å²) in [7, 11) is 2.05. The zero-order chi connectivity index (χ0) is 19.1. The lowest BCUT2D eigenvalue weighted by molar-refractivity contribution is -0.660. The summed E-state index contributed by atoms with van der Waals surface area (Å²) in [4.78, 5) is 3.78. The van der Waals surface area contributed by atoms with Gasteiger partial charge in [-0.15, -0.1) is 0 Å². The Hall–Kier alpha value is -3.12. The Balaban J connectivity index is 2.14. The van der Waals surface area contributed by atoms with Gasteiger partial charge in [-0.1, -0.05) is 32.0 Å². The third-order valence-electron chi connectivity index (χ3n) is 5.14. The lowest BCUT2D eigenvalue weighted by Gasteiger charge is -2.09. The van der Waals surface area contributed by atoms with Crippen LogP contribution in [0.2, 0.25) is 0 Å². The van der Waals surface area contributed by atoms with Crippen LogP contribution in [0.25, 0.3) is 38.0 Å². The van der Waals surface area contributed by atoms with Gasteiger partial charge in [0.2, 0.25) is 5.69 Å². The maximum atomic E-state index is 7.60. The number of benzene rings is 2. The van der Waals surface area contributed by atoms with E-state index in [0.29, 0.717) is 5.92 Å². The topological polar surface area (TPSA) is 21.4 Å². The fraction of sp³-hybridized carbons (Fsp3) is 0.250. The number of aromatic nitrogens is 1. The van der Waals surface area contributed by atoms with Crippen molar-refractivity contribution >= 4 is 27.6 Å². The van der Waals surface area contributed by atoms with Crippen molar-refractivity contribution in [3.63, 3.8) is 0 Å². The SMILES string of the molecule is [C-]#[N+]c1ccc2oc3c(-c4cccc[n+]4C)c(C)ccc3c2c1CC(C)C. The van der Waals surface area contributed by atoms with E-state index in [1.54, 1.807) is 0 Å². The molecule has 0 unspecified atom stereocenters. The van der Waals surface area contributed by atoms with Crippen LogP contribution >= 0.6 is 0 Å². The van der Waals surface area contributed by atoms with Crippen molar-refractivity contribution in [3.05, 3.63) is 71.2 Å². The van der Waals surface area contributed by atoms with Gasteiger partial charge in [0, 0.05) is 22.9 Å². The summed E-state index contributed by atoms with van der Waals surface area (Å²) < 4.78 is 8.50. The first-order valence-electron chi connectivity index (χ1n) is 9.31. The van der Waals surface area contributed by atoms with E-state index in [-0.39, 0.29) is 0 Å². The number of nitrogens with zero attached hydrogens (tertiary/aromatic N) is 2. The van der Waals surface area contributed by atoms with E-state index < -0.39 is 0 Å². The van der Waals surface area contributed by atoms with E-state index in [4.69, 9.17) is 11.0 Å². The Labute approximate surface area is 159 Å². The van der Waals surface area contributed by atoms with Gasteiger partial charge in [0.1, 0.15) is 18.2 Å². The maximum Gasteiger partial charge on any atom is 0.216 e. The van der Waals surface area contributed by atoms with Crippen molar-refractivity contribution in [1.82, 2.24) is 0 Å². The Morgan fingerprint density at radius 1 is 1.11 bits per heavy atom. The van der Waals surface area contributed by atoms with Gasteiger partial charge in [-0.05, 0) is 42.5 Å². The summed E-state index contributed by atoms with van der Waals surface area (Å²) in [6.07, 6.45) is 2.92. The molecule has 0 aliphatic carbocycles. The van der Waals surface area contributed by atoms with Crippen LogP contribution in [0.1, 0.15) is 25.0 Å². The van der Waals surface area contributed by atoms with Gasteiger partial charge in [-0.25, -0.2) is 9.41 Å². The van der Waals surface area contributed by atoms with Gasteiger partial charge >= 0.3 is 0 Å². The number of pyridine rings is 1. The van der Waals surface area contributed by atoms with E-state index in [1.165, 1.54) is 5.56 Å². The molecular weight excluding hydrogens is 332 g/mol. The Kier molecular flexibility index (Phi) is 4.20. The molecular formula is C24H23N2O+. The highest BCUT2D eigenvalue weighted by atomic mass is 16.3. The van der Waals surface area contributed by atoms with Crippen LogP contribution in [0.4, 0.5) is 5.69 Å². The molecule has 3 nitrogen and oxygen atoms in total. The summed E-state index contributed by atoms with van der Waals surface area (Å²) >= 11 is 0. The minimum Gasteiger partial charge on any atom is -0.455 e. The number of hydrogen-bond donors (Lipinski definition) is 0. The van der Waals surface area contributed by atoms with Crippen molar-refractivity contribution in [3.8, 4) is 11.3 Å². The molecule has 0 saturated heterocycles. The fourth-order valence-corrected chi connectivity index (χ4v) is 3.91. The monoisotopic (exact) mass is 355 g/mol. The molecule has 0 amide bonds. The molecule has 0 fully saturated rings. The highest BCUT2D eigenvalue weighted by Gasteiger charge is 2.22. The summed E-state index contributed by atoms with van der Waals surface area (Å²) in [5.41, 5.74) is 7.01. The van der Waals surface area contributed by atoms with Gasteiger partial charge in [0.15, 0.2) is 11.9 Å². The molecule has 0 atom stereocenters. The van der Waals surface area contributed by atoms with E-state index in [1.807, 2.05) is 18.2 Å². The number of furan rings is 1. The normalized spacial score (nSPS) is 11.4. The van der Waals surface area contributed by atoms with Crippen LogP contribution in [-0.2, 0) is 13.5 Å². The van der Waals surface area contributed by atoms with E-state index in [2.05, 4.69) is 67.7 Å². The minimum atomic E-state index is 0.470. The van der Waals surface area contributed by atoms with Crippen LogP contribution in [0.15, 0.2) is 53.1 Å². The molecule has 0 aliphatic rings. The summed E-state index contributed by atoms with van der Waals surface area (Å²) in [5.74, 6) is 0.470. The number of fused-ring (bicyclic) bond motifs is 3. The van der Waals surface area contributed by atoms with E-state index in [0.717, 1.165) is 50.9 Å². The fourth-order valence-electron chi connectivity index (χ4n) is 3.91. The van der Waals surface area contributed by atoms with Crippen LogP contribution in [0.5, 0.6) is 0 Å². The molecule has 0 radical (unpaired) electrons. The average Bonchev–Trinajstić information content (AvgIpc) is 3.01. The summed E-state index contributed by atoms with van der Waals surface area (Å²) in [6.45, 7) is 14.1. The number of aryl methyl sites for hydroxylation is 2. The molecule has 4 rings (SSSR count). The lowest BCUT2D eigenvalue weighted by Crippen LogP contribution is -2.30. The van der Waals surface area contributed by atoms with Crippen molar-refractivity contribution in [2.24, 2.45) is 13.0 Å².